The maximum absolute atomic E-state index is 12.4. The number of carbonyl (C=O) groups excluding carboxylic acids is 1. The summed E-state index contributed by atoms with van der Waals surface area (Å²) in [6, 6.07) is 1.70. The van der Waals surface area contributed by atoms with Crippen LogP contribution in [0.25, 0.3) is 11.0 Å². The molecular formula is C17H14O8. The first-order valence-electron chi connectivity index (χ1n) is 7.96. The highest BCUT2D eigenvalue weighted by molar-refractivity contribution is 6.01. The number of hydrogen-bond acceptors (Lipinski definition) is 8. The van der Waals surface area contributed by atoms with Gasteiger partial charge in [0, 0.05) is 24.5 Å². The van der Waals surface area contributed by atoms with Crippen LogP contribution in [0.2, 0.25) is 0 Å². The van der Waals surface area contributed by atoms with E-state index in [9.17, 15) is 14.7 Å². The van der Waals surface area contributed by atoms with E-state index in [1.807, 2.05) is 0 Å². The molecule has 0 bridgehead atoms. The number of ether oxygens (including phenoxy) is 4. The van der Waals surface area contributed by atoms with Crippen molar-refractivity contribution < 1.29 is 33.3 Å². The standard InChI is InChI=1S/C17H14O8/c1-21-8-5-9-12(7-4-10(18)24-17(7)23-9)14-11(8)6-2-3-22-15(19)13(6)16(20)25-14/h5,7,10,17-18H,2-4H2,1H3/t7-,10?,17-/m0/s1. The molecule has 130 valence electrons. The summed E-state index contributed by atoms with van der Waals surface area (Å²) in [5, 5.41) is 10.3. The van der Waals surface area contributed by atoms with E-state index in [0.717, 1.165) is 0 Å². The van der Waals surface area contributed by atoms with E-state index in [1.54, 1.807) is 6.07 Å². The number of aliphatic hydroxyl groups excluding tert-OH is 1. The molecule has 4 heterocycles. The molecule has 3 aliphatic heterocycles. The van der Waals surface area contributed by atoms with Crippen LogP contribution in [0.1, 0.15) is 33.8 Å². The van der Waals surface area contributed by atoms with Gasteiger partial charge in [-0.1, -0.05) is 0 Å². The SMILES string of the molecule is COc1cc2c(c3oc(=O)c4c(c13)CCOC4=O)[C@@H]1CC(O)O[C@@H]1O2. The smallest absolute Gasteiger partial charge is 0.351 e. The van der Waals surface area contributed by atoms with E-state index >= 15 is 0 Å². The zero-order valence-corrected chi connectivity index (χ0v) is 13.2. The summed E-state index contributed by atoms with van der Waals surface area (Å²) in [6.07, 6.45) is -0.833. The molecule has 1 aromatic carbocycles. The van der Waals surface area contributed by atoms with Gasteiger partial charge >= 0.3 is 11.6 Å². The third kappa shape index (κ3) is 1.89. The minimum atomic E-state index is -0.931. The first-order valence-corrected chi connectivity index (χ1v) is 7.96. The first-order chi connectivity index (χ1) is 12.1. The van der Waals surface area contributed by atoms with E-state index in [1.165, 1.54) is 7.11 Å². The molecule has 8 heteroatoms. The molecule has 0 aliphatic carbocycles. The Labute approximate surface area is 140 Å². The summed E-state index contributed by atoms with van der Waals surface area (Å²) in [6.45, 7) is 0.189. The summed E-state index contributed by atoms with van der Waals surface area (Å²) in [5.41, 5.74) is 0.708. The lowest BCUT2D eigenvalue weighted by Crippen LogP contribution is -2.26. The van der Waals surface area contributed by atoms with Crippen molar-refractivity contribution in [3.8, 4) is 11.5 Å². The molecule has 3 atom stereocenters. The highest BCUT2D eigenvalue weighted by atomic mass is 16.7. The summed E-state index contributed by atoms with van der Waals surface area (Å²) in [4.78, 5) is 24.4. The van der Waals surface area contributed by atoms with Crippen molar-refractivity contribution in [2.45, 2.75) is 31.3 Å². The fraction of sp³-hybridized carbons (Fsp3) is 0.412. The molecule has 0 amide bonds. The minimum Gasteiger partial charge on any atom is -0.496 e. The van der Waals surface area contributed by atoms with E-state index in [-0.39, 0.29) is 18.1 Å². The number of hydrogen-bond donors (Lipinski definition) is 1. The summed E-state index contributed by atoms with van der Waals surface area (Å²) >= 11 is 0. The fourth-order valence-corrected chi connectivity index (χ4v) is 3.92. The Kier molecular flexibility index (Phi) is 2.93. The Balaban J connectivity index is 1.87. The molecule has 25 heavy (non-hydrogen) atoms. The lowest BCUT2D eigenvalue weighted by molar-refractivity contribution is -0.147. The van der Waals surface area contributed by atoms with Crippen molar-refractivity contribution in [2.24, 2.45) is 0 Å². The summed E-state index contributed by atoms with van der Waals surface area (Å²) < 4.78 is 27.0. The van der Waals surface area contributed by atoms with E-state index in [4.69, 9.17) is 23.4 Å². The van der Waals surface area contributed by atoms with Crippen LogP contribution < -0.4 is 15.1 Å². The van der Waals surface area contributed by atoms with Gasteiger partial charge in [-0.3, -0.25) is 0 Å². The third-order valence-electron chi connectivity index (χ3n) is 4.95. The Morgan fingerprint density at radius 2 is 2.16 bits per heavy atom. The van der Waals surface area contributed by atoms with Crippen LogP contribution in [-0.2, 0) is 15.9 Å². The van der Waals surface area contributed by atoms with E-state index in [0.29, 0.717) is 46.4 Å². The molecule has 0 saturated carbocycles. The fourth-order valence-electron chi connectivity index (χ4n) is 3.92. The molecule has 5 rings (SSSR count). The number of benzene rings is 1. The topological polar surface area (TPSA) is 104 Å². The molecule has 8 nitrogen and oxygen atoms in total. The quantitative estimate of drug-likeness (QED) is 0.604. The van der Waals surface area contributed by atoms with Gasteiger partial charge in [-0.2, -0.15) is 0 Å². The molecule has 1 N–H and O–H groups in total. The van der Waals surface area contributed by atoms with Crippen molar-refractivity contribution in [3.05, 3.63) is 33.2 Å². The molecular weight excluding hydrogens is 332 g/mol. The second-order valence-corrected chi connectivity index (χ2v) is 6.24. The molecule has 1 saturated heterocycles. The van der Waals surface area contributed by atoms with Crippen LogP contribution in [0.15, 0.2) is 15.3 Å². The van der Waals surface area contributed by atoms with Crippen LogP contribution in [-0.4, -0.2) is 37.4 Å². The van der Waals surface area contributed by atoms with Crippen molar-refractivity contribution in [3.63, 3.8) is 0 Å². The molecule has 1 fully saturated rings. The normalized spacial score (nSPS) is 26.6. The number of carbonyl (C=O) groups is 1. The number of cyclic esters (lactones) is 1. The van der Waals surface area contributed by atoms with Crippen LogP contribution in [0.5, 0.6) is 11.5 Å². The van der Waals surface area contributed by atoms with Gasteiger partial charge in [0.25, 0.3) is 0 Å². The van der Waals surface area contributed by atoms with Crippen molar-refractivity contribution in [2.75, 3.05) is 13.7 Å². The Morgan fingerprint density at radius 3 is 2.96 bits per heavy atom. The van der Waals surface area contributed by atoms with Gasteiger partial charge in [0.2, 0.25) is 6.29 Å². The second kappa shape index (κ2) is 4.96. The zero-order valence-electron chi connectivity index (χ0n) is 13.2. The van der Waals surface area contributed by atoms with Gasteiger partial charge in [0.15, 0.2) is 6.29 Å². The van der Waals surface area contributed by atoms with Gasteiger partial charge < -0.3 is 28.5 Å². The Hall–Kier alpha value is -2.58. The predicted octanol–water partition coefficient (Wildman–Crippen LogP) is 1.06. The van der Waals surface area contributed by atoms with Crippen molar-refractivity contribution in [1.29, 1.82) is 0 Å². The molecule has 1 unspecified atom stereocenters. The van der Waals surface area contributed by atoms with Crippen LogP contribution in [0.3, 0.4) is 0 Å². The summed E-state index contributed by atoms with van der Waals surface area (Å²) in [5.74, 6) is 0.0000520. The average Bonchev–Trinajstić information content (AvgIpc) is 3.09. The summed E-state index contributed by atoms with van der Waals surface area (Å²) in [7, 11) is 1.50. The lowest BCUT2D eigenvalue weighted by atomic mass is 9.92. The van der Waals surface area contributed by atoms with Crippen molar-refractivity contribution >= 4 is 16.9 Å². The van der Waals surface area contributed by atoms with E-state index in [2.05, 4.69) is 0 Å². The maximum atomic E-state index is 12.4. The molecule has 2 aromatic rings. The van der Waals surface area contributed by atoms with Gasteiger partial charge in [-0.25, -0.2) is 9.59 Å². The van der Waals surface area contributed by atoms with Gasteiger partial charge in [0.05, 0.1) is 25.0 Å². The maximum Gasteiger partial charge on any atom is 0.351 e. The Bertz CT molecular complexity index is 975. The minimum absolute atomic E-state index is 0.0878. The highest BCUT2D eigenvalue weighted by Crippen LogP contribution is 2.51. The molecule has 0 spiro atoms. The predicted molar refractivity (Wildman–Crippen MR) is 81.9 cm³/mol. The number of rotatable bonds is 1. The number of aliphatic hydroxyl groups is 1. The zero-order chi connectivity index (χ0) is 17.3. The first kappa shape index (κ1) is 14.7. The van der Waals surface area contributed by atoms with E-state index < -0.39 is 24.2 Å². The molecule has 0 radical (unpaired) electrons. The van der Waals surface area contributed by atoms with Crippen LogP contribution in [0, 0.1) is 0 Å². The average molecular weight is 346 g/mol. The highest BCUT2D eigenvalue weighted by Gasteiger charge is 2.46. The molecule has 1 aromatic heterocycles. The van der Waals surface area contributed by atoms with Crippen LogP contribution in [0.4, 0.5) is 0 Å². The largest absolute Gasteiger partial charge is 0.496 e. The number of fused-ring (bicyclic) bond motifs is 7. The number of esters is 1. The van der Waals surface area contributed by atoms with Gasteiger partial charge in [-0.15, -0.1) is 0 Å². The lowest BCUT2D eigenvalue weighted by Gasteiger charge is -2.19. The monoisotopic (exact) mass is 346 g/mol. The van der Waals surface area contributed by atoms with Crippen molar-refractivity contribution in [1.82, 2.24) is 0 Å². The third-order valence-corrected chi connectivity index (χ3v) is 4.95. The van der Waals surface area contributed by atoms with Crippen LogP contribution >= 0.6 is 0 Å². The Morgan fingerprint density at radius 1 is 1.32 bits per heavy atom. The van der Waals surface area contributed by atoms with Gasteiger partial charge in [-0.05, 0) is 5.56 Å². The second-order valence-electron chi connectivity index (χ2n) is 6.24. The number of methoxy groups -OCH3 is 1. The molecule has 3 aliphatic rings. The van der Waals surface area contributed by atoms with Gasteiger partial charge in [0.1, 0.15) is 22.6 Å².